The van der Waals surface area contributed by atoms with Gasteiger partial charge in [-0.25, -0.2) is 0 Å². The van der Waals surface area contributed by atoms with Crippen LogP contribution in [0.5, 0.6) is 0 Å². The number of hydrogen-bond donors (Lipinski definition) is 0. The van der Waals surface area contributed by atoms with Crippen molar-refractivity contribution in [3.8, 4) is 0 Å². The van der Waals surface area contributed by atoms with Gasteiger partial charge < -0.3 is 0 Å². The van der Waals surface area contributed by atoms with Crippen molar-refractivity contribution < 1.29 is 0 Å². The van der Waals surface area contributed by atoms with Crippen LogP contribution in [0, 0.1) is 29.1 Å². The number of hydrogen-bond acceptors (Lipinski definition) is 1. The molecule has 0 amide bonds. The summed E-state index contributed by atoms with van der Waals surface area (Å²) in [6.45, 7) is 24.1. The van der Waals surface area contributed by atoms with Gasteiger partial charge in [-0.1, -0.05) is 55.4 Å². The van der Waals surface area contributed by atoms with Crippen molar-refractivity contribution in [1.29, 1.82) is 0 Å². The van der Waals surface area contributed by atoms with Gasteiger partial charge in [0.25, 0.3) is 0 Å². The van der Waals surface area contributed by atoms with E-state index in [1.165, 1.54) is 5.69 Å². The minimum Gasteiger partial charge on any atom is -0.263 e. The van der Waals surface area contributed by atoms with Crippen LogP contribution in [0.4, 0.5) is 0 Å². The second-order valence-corrected chi connectivity index (χ2v) is 9.67. The molecule has 126 valence electrons. The maximum absolute atomic E-state index is 4.77. The molecule has 0 N–H and O–H groups in total. The number of rotatable bonds is 2. The Morgan fingerprint density at radius 3 is 1.86 bits per heavy atom. The Morgan fingerprint density at radius 2 is 1.41 bits per heavy atom. The monoisotopic (exact) mass is 304 g/mol. The van der Waals surface area contributed by atoms with Gasteiger partial charge >= 0.3 is 0 Å². The van der Waals surface area contributed by atoms with Crippen LogP contribution in [-0.2, 0) is 11.0 Å². The van der Waals surface area contributed by atoms with Gasteiger partial charge in [0.15, 0.2) is 0 Å². The van der Waals surface area contributed by atoms with E-state index in [0.717, 1.165) is 0 Å². The standard InChI is InChI=1S/C20H36N2/c1-13(2)16-17(14(3)4)20(9,10)22-15(11-12-21-22)18(5,6)19(16,7)8/h11-14,16-17H,1-10H3. The second kappa shape index (κ2) is 5.11. The first kappa shape index (κ1) is 17.6. The van der Waals surface area contributed by atoms with E-state index in [0.29, 0.717) is 23.7 Å². The van der Waals surface area contributed by atoms with Crippen LogP contribution in [0.1, 0.15) is 74.9 Å². The van der Waals surface area contributed by atoms with E-state index < -0.39 is 0 Å². The Labute approximate surface area is 137 Å². The van der Waals surface area contributed by atoms with E-state index in [4.69, 9.17) is 5.10 Å². The number of nitrogens with zero attached hydrogens (tertiary/aromatic N) is 2. The average molecular weight is 305 g/mol. The fraction of sp³-hybridized carbons (Fsp3) is 0.850. The van der Waals surface area contributed by atoms with Gasteiger partial charge in [-0.2, -0.15) is 5.10 Å². The molecule has 1 aromatic rings. The highest BCUT2D eigenvalue weighted by Crippen LogP contribution is 2.58. The van der Waals surface area contributed by atoms with Crippen LogP contribution in [0.3, 0.4) is 0 Å². The van der Waals surface area contributed by atoms with Crippen molar-refractivity contribution in [2.45, 2.75) is 80.2 Å². The topological polar surface area (TPSA) is 17.8 Å². The molecule has 0 radical (unpaired) electrons. The first-order valence-electron chi connectivity index (χ1n) is 8.91. The lowest BCUT2D eigenvalue weighted by Crippen LogP contribution is -2.49. The molecular formula is C20H36N2. The van der Waals surface area contributed by atoms with Gasteiger partial charge in [0.05, 0.1) is 5.54 Å². The second-order valence-electron chi connectivity index (χ2n) is 9.67. The van der Waals surface area contributed by atoms with E-state index >= 15 is 0 Å². The fourth-order valence-corrected chi connectivity index (χ4v) is 5.49. The molecule has 0 saturated heterocycles. The predicted octanol–water partition coefficient (Wildman–Crippen LogP) is 5.48. The smallest absolute Gasteiger partial charge is 0.0608 e. The zero-order valence-corrected chi connectivity index (χ0v) is 16.4. The van der Waals surface area contributed by atoms with Crippen LogP contribution in [0.25, 0.3) is 0 Å². The Kier molecular flexibility index (Phi) is 4.08. The van der Waals surface area contributed by atoms with E-state index in [1.807, 2.05) is 6.20 Å². The molecule has 2 nitrogen and oxygen atoms in total. The minimum absolute atomic E-state index is 0.0347. The molecule has 0 saturated carbocycles. The third kappa shape index (κ3) is 2.17. The molecule has 2 heterocycles. The summed E-state index contributed by atoms with van der Waals surface area (Å²) >= 11 is 0. The molecule has 1 aliphatic heterocycles. The largest absolute Gasteiger partial charge is 0.263 e. The van der Waals surface area contributed by atoms with Gasteiger partial charge in [0.1, 0.15) is 0 Å². The summed E-state index contributed by atoms with van der Waals surface area (Å²) in [6.07, 6.45) is 1.99. The Bertz CT molecular complexity index is 532. The fourth-order valence-electron chi connectivity index (χ4n) is 5.49. The van der Waals surface area contributed by atoms with Gasteiger partial charge in [0.2, 0.25) is 0 Å². The SMILES string of the molecule is CC(C)C1C(C(C)C)C(C)(C)C(C)(C)c2ccnn2C1(C)C. The third-order valence-corrected chi connectivity index (χ3v) is 6.91. The highest BCUT2D eigenvalue weighted by Gasteiger charge is 2.56. The van der Waals surface area contributed by atoms with Crippen molar-refractivity contribution >= 4 is 0 Å². The van der Waals surface area contributed by atoms with E-state index in [1.54, 1.807) is 0 Å². The Morgan fingerprint density at radius 1 is 0.909 bits per heavy atom. The Balaban J connectivity index is 2.82. The van der Waals surface area contributed by atoms with Gasteiger partial charge in [-0.05, 0) is 49.0 Å². The zero-order valence-electron chi connectivity index (χ0n) is 16.4. The molecule has 0 aromatic carbocycles. The summed E-state index contributed by atoms with van der Waals surface area (Å²) in [5.74, 6) is 2.54. The summed E-state index contributed by atoms with van der Waals surface area (Å²) < 4.78 is 2.34. The zero-order chi connectivity index (χ0) is 17.1. The van der Waals surface area contributed by atoms with Crippen molar-refractivity contribution in [2.75, 3.05) is 0 Å². The predicted molar refractivity (Wildman–Crippen MR) is 95.0 cm³/mol. The van der Waals surface area contributed by atoms with Crippen molar-refractivity contribution in [1.82, 2.24) is 9.78 Å². The molecule has 1 aromatic heterocycles. The molecule has 0 bridgehead atoms. The van der Waals surface area contributed by atoms with Crippen LogP contribution in [0.15, 0.2) is 12.3 Å². The summed E-state index contributed by atoms with van der Waals surface area (Å²) in [5.41, 5.74) is 1.73. The quantitative estimate of drug-likeness (QED) is 0.707. The van der Waals surface area contributed by atoms with Gasteiger partial charge in [-0.15, -0.1) is 0 Å². The first-order chi connectivity index (χ1) is 9.86. The normalized spacial score (nSPS) is 29.5. The minimum atomic E-state index is 0.0347. The third-order valence-electron chi connectivity index (χ3n) is 6.91. The van der Waals surface area contributed by atoms with Crippen LogP contribution in [0.2, 0.25) is 0 Å². The average Bonchev–Trinajstić information content (AvgIpc) is 2.82. The van der Waals surface area contributed by atoms with Gasteiger partial charge in [0, 0.05) is 17.3 Å². The van der Waals surface area contributed by atoms with Gasteiger partial charge in [-0.3, -0.25) is 4.68 Å². The van der Waals surface area contributed by atoms with Crippen LogP contribution < -0.4 is 0 Å². The summed E-state index contributed by atoms with van der Waals surface area (Å²) in [4.78, 5) is 0. The van der Waals surface area contributed by atoms with Crippen LogP contribution >= 0.6 is 0 Å². The lowest BCUT2D eigenvalue weighted by Gasteiger charge is -2.51. The first-order valence-corrected chi connectivity index (χ1v) is 8.91. The van der Waals surface area contributed by atoms with Crippen molar-refractivity contribution in [3.05, 3.63) is 18.0 Å². The Hall–Kier alpha value is -0.790. The maximum atomic E-state index is 4.77. The molecule has 2 unspecified atom stereocenters. The van der Waals surface area contributed by atoms with E-state index in [-0.39, 0.29) is 16.4 Å². The molecule has 2 atom stereocenters. The van der Waals surface area contributed by atoms with E-state index in [2.05, 4.69) is 80.0 Å². The molecule has 2 heteroatoms. The highest BCUT2D eigenvalue weighted by molar-refractivity contribution is 5.24. The molecule has 22 heavy (non-hydrogen) atoms. The summed E-state index contributed by atoms with van der Waals surface area (Å²) in [7, 11) is 0. The van der Waals surface area contributed by atoms with E-state index in [9.17, 15) is 0 Å². The molecule has 0 aliphatic carbocycles. The van der Waals surface area contributed by atoms with Crippen molar-refractivity contribution in [3.63, 3.8) is 0 Å². The number of fused-ring (bicyclic) bond motifs is 1. The molecular weight excluding hydrogens is 268 g/mol. The maximum Gasteiger partial charge on any atom is 0.0608 e. The lowest BCUT2D eigenvalue weighted by molar-refractivity contribution is -0.0207. The summed E-state index contributed by atoms with van der Waals surface area (Å²) in [6, 6.07) is 2.24. The molecule has 0 spiro atoms. The molecule has 0 fully saturated rings. The number of aromatic nitrogens is 2. The highest BCUT2D eigenvalue weighted by atomic mass is 15.3. The molecule has 2 rings (SSSR count). The van der Waals surface area contributed by atoms with Crippen molar-refractivity contribution in [2.24, 2.45) is 29.1 Å². The summed E-state index contributed by atoms with van der Waals surface area (Å²) in [5, 5.41) is 4.77. The lowest BCUT2D eigenvalue weighted by atomic mass is 9.52. The van der Waals surface area contributed by atoms with Crippen LogP contribution in [-0.4, -0.2) is 9.78 Å². The molecule has 1 aliphatic rings.